The largest absolute Gasteiger partial charge is 0.452 e. The smallest absolute Gasteiger partial charge is 0.359 e. The number of thiophene rings is 1. The predicted octanol–water partition coefficient (Wildman–Crippen LogP) is 3.40. The third-order valence-corrected chi connectivity index (χ3v) is 4.36. The number of aromatic nitrogens is 2. The van der Waals surface area contributed by atoms with Crippen LogP contribution in [-0.2, 0) is 4.74 Å². The average Bonchev–Trinajstić information content (AvgIpc) is 3.11. The highest BCUT2D eigenvalue weighted by Gasteiger charge is 2.16. The number of ketones is 1. The summed E-state index contributed by atoms with van der Waals surface area (Å²) in [5.41, 5.74) is 1.78. The normalized spacial score (nSPS) is 10.8. The van der Waals surface area contributed by atoms with Crippen LogP contribution in [0.5, 0.6) is 0 Å². The van der Waals surface area contributed by atoms with Gasteiger partial charge in [-0.3, -0.25) is 4.79 Å². The van der Waals surface area contributed by atoms with Gasteiger partial charge in [-0.05, 0) is 31.2 Å². The Morgan fingerprint density at radius 3 is 2.82 bits per heavy atom. The number of ether oxygens (including phenoxy) is 1. The molecule has 0 saturated heterocycles. The van der Waals surface area contributed by atoms with E-state index in [-0.39, 0.29) is 18.1 Å². The Morgan fingerprint density at radius 2 is 2.14 bits per heavy atom. The maximum atomic E-state index is 12.0. The van der Waals surface area contributed by atoms with Gasteiger partial charge in [0.15, 0.2) is 12.3 Å². The van der Waals surface area contributed by atoms with Crippen LogP contribution in [0.2, 0.25) is 4.34 Å². The van der Waals surface area contributed by atoms with E-state index in [2.05, 4.69) is 4.98 Å². The topological polar surface area (TPSA) is 60.7 Å². The Bertz CT molecular complexity index is 869. The lowest BCUT2D eigenvalue weighted by Crippen LogP contribution is -2.13. The van der Waals surface area contributed by atoms with E-state index in [1.165, 1.54) is 0 Å². The second-order valence-corrected chi connectivity index (χ2v) is 6.34. The van der Waals surface area contributed by atoms with E-state index >= 15 is 0 Å². The highest BCUT2D eigenvalue weighted by Crippen LogP contribution is 2.21. The maximum Gasteiger partial charge on any atom is 0.359 e. The van der Waals surface area contributed by atoms with E-state index in [1.54, 1.807) is 28.8 Å². The summed E-state index contributed by atoms with van der Waals surface area (Å²) in [4.78, 5) is 28.5. The molecule has 0 aromatic carbocycles. The number of carbonyl (C=O) groups excluding carboxylic acids is 2. The summed E-state index contributed by atoms with van der Waals surface area (Å²) < 4.78 is 7.33. The van der Waals surface area contributed by atoms with Crippen LogP contribution >= 0.6 is 22.9 Å². The molecule has 0 aliphatic rings. The maximum absolute atomic E-state index is 12.0. The third-order valence-electron chi connectivity index (χ3n) is 3.09. The minimum absolute atomic E-state index is 0.173. The van der Waals surface area contributed by atoms with Gasteiger partial charge in [-0.1, -0.05) is 17.7 Å². The molecule has 112 valence electrons. The molecule has 0 aliphatic carbocycles. The van der Waals surface area contributed by atoms with Crippen molar-refractivity contribution < 1.29 is 14.3 Å². The summed E-state index contributed by atoms with van der Waals surface area (Å²) in [5, 5.41) is 0. The Morgan fingerprint density at radius 1 is 1.32 bits per heavy atom. The van der Waals surface area contributed by atoms with Gasteiger partial charge in [0.2, 0.25) is 5.78 Å². The molecule has 0 fully saturated rings. The fourth-order valence-electron chi connectivity index (χ4n) is 1.99. The lowest BCUT2D eigenvalue weighted by Gasteiger charge is -2.00. The molecule has 0 amide bonds. The van der Waals surface area contributed by atoms with Gasteiger partial charge >= 0.3 is 5.97 Å². The summed E-state index contributed by atoms with van der Waals surface area (Å²) >= 11 is 6.92. The first-order valence-electron chi connectivity index (χ1n) is 6.45. The van der Waals surface area contributed by atoms with Gasteiger partial charge in [0, 0.05) is 11.9 Å². The van der Waals surface area contributed by atoms with Crippen LogP contribution in [0.25, 0.3) is 5.65 Å². The molecule has 0 bridgehead atoms. The molecule has 3 rings (SSSR count). The molecule has 0 spiro atoms. The first kappa shape index (κ1) is 14.7. The Labute approximate surface area is 135 Å². The van der Waals surface area contributed by atoms with E-state index in [4.69, 9.17) is 16.3 Å². The van der Waals surface area contributed by atoms with Crippen LogP contribution in [0.15, 0.2) is 36.5 Å². The zero-order chi connectivity index (χ0) is 15.7. The number of rotatable bonds is 4. The van der Waals surface area contributed by atoms with Crippen molar-refractivity contribution in [1.29, 1.82) is 0 Å². The molecule has 3 heterocycles. The first-order chi connectivity index (χ1) is 10.5. The fraction of sp³-hybridized carbons (Fsp3) is 0.133. The molecular formula is C15H11ClN2O3S. The highest BCUT2D eigenvalue weighted by molar-refractivity contribution is 7.18. The molecule has 3 aromatic heterocycles. The lowest BCUT2D eigenvalue weighted by molar-refractivity contribution is 0.0470. The number of esters is 1. The number of pyridine rings is 1. The molecule has 0 N–H and O–H groups in total. The van der Waals surface area contributed by atoms with Gasteiger partial charge in [0.25, 0.3) is 0 Å². The van der Waals surface area contributed by atoms with Gasteiger partial charge < -0.3 is 9.14 Å². The van der Waals surface area contributed by atoms with Gasteiger partial charge in [-0.25, -0.2) is 9.78 Å². The molecule has 0 atom stereocenters. The highest BCUT2D eigenvalue weighted by atomic mass is 35.5. The summed E-state index contributed by atoms with van der Waals surface area (Å²) in [7, 11) is 0. The quantitative estimate of drug-likeness (QED) is 0.542. The SMILES string of the molecule is Cc1cccc2nc(C(=O)OCC(=O)c3ccc(Cl)s3)cn12. The summed E-state index contributed by atoms with van der Waals surface area (Å²) in [5.74, 6) is -0.913. The first-order valence-corrected chi connectivity index (χ1v) is 7.64. The van der Waals surface area contributed by atoms with Gasteiger partial charge in [0.1, 0.15) is 5.65 Å². The van der Waals surface area contributed by atoms with Crippen molar-refractivity contribution in [3.8, 4) is 0 Å². The van der Waals surface area contributed by atoms with Crippen molar-refractivity contribution in [3.05, 3.63) is 57.1 Å². The fourth-order valence-corrected chi connectivity index (χ4v) is 2.95. The zero-order valence-corrected chi connectivity index (χ0v) is 13.1. The minimum Gasteiger partial charge on any atom is -0.452 e. The van der Waals surface area contributed by atoms with E-state index in [9.17, 15) is 9.59 Å². The van der Waals surface area contributed by atoms with Crippen LogP contribution in [0, 0.1) is 6.92 Å². The van der Waals surface area contributed by atoms with Crippen molar-refractivity contribution in [1.82, 2.24) is 9.38 Å². The summed E-state index contributed by atoms with van der Waals surface area (Å²) in [6.07, 6.45) is 1.60. The molecule has 22 heavy (non-hydrogen) atoms. The number of hydrogen-bond donors (Lipinski definition) is 0. The minimum atomic E-state index is -0.626. The van der Waals surface area contributed by atoms with Crippen molar-refractivity contribution >= 4 is 40.3 Å². The number of fused-ring (bicyclic) bond motifs is 1. The molecule has 0 radical (unpaired) electrons. The lowest BCUT2D eigenvalue weighted by atomic mass is 10.3. The number of hydrogen-bond acceptors (Lipinski definition) is 5. The van der Waals surface area contributed by atoms with Crippen LogP contribution in [0.4, 0.5) is 0 Å². The molecule has 3 aromatic rings. The molecule has 5 nitrogen and oxygen atoms in total. The molecule has 0 saturated carbocycles. The Kier molecular flexibility index (Phi) is 3.96. The second-order valence-electron chi connectivity index (χ2n) is 4.62. The van der Waals surface area contributed by atoms with Crippen LogP contribution < -0.4 is 0 Å². The number of Topliss-reactive ketones (excluding diaryl/α,β-unsaturated/α-hetero) is 1. The number of nitrogens with zero attached hydrogens (tertiary/aromatic N) is 2. The summed E-state index contributed by atoms with van der Waals surface area (Å²) in [6, 6.07) is 8.80. The zero-order valence-electron chi connectivity index (χ0n) is 11.6. The Hall–Kier alpha value is -2.18. The number of imidazole rings is 1. The number of halogens is 1. The van der Waals surface area contributed by atoms with E-state index < -0.39 is 5.97 Å². The monoisotopic (exact) mass is 334 g/mol. The van der Waals surface area contributed by atoms with Crippen molar-refractivity contribution in [3.63, 3.8) is 0 Å². The molecule has 0 aliphatic heterocycles. The summed E-state index contributed by atoms with van der Waals surface area (Å²) in [6.45, 7) is 1.58. The van der Waals surface area contributed by atoms with Crippen LogP contribution in [0.3, 0.4) is 0 Å². The molecular weight excluding hydrogens is 324 g/mol. The standard InChI is InChI=1S/C15H11ClN2O3S/c1-9-3-2-4-14-17-10(7-18(9)14)15(20)21-8-11(19)12-5-6-13(16)22-12/h2-7H,8H2,1H3. The van der Waals surface area contributed by atoms with E-state index in [1.807, 2.05) is 19.1 Å². The number of carbonyl (C=O) groups is 2. The van der Waals surface area contributed by atoms with E-state index in [0.717, 1.165) is 17.0 Å². The van der Waals surface area contributed by atoms with Gasteiger partial charge in [-0.15, -0.1) is 11.3 Å². The molecule has 0 unspecified atom stereocenters. The van der Waals surface area contributed by atoms with Gasteiger partial charge in [0.05, 0.1) is 9.21 Å². The Balaban J connectivity index is 1.71. The van der Waals surface area contributed by atoms with E-state index in [0.29, 0.717) is 14.9 Å². The predicted molar refractivity (Wildman–Crippen MR) is 83.9 cm³/mol. The van der Waals surface area contributed by atoms with Crippen LogP contribution in [-0.4, -0.2) is 27.7 Å². The second kappa shape index (κ2) is 5.90. The average molecular weight is 335 g/mol. The van der Waals surface area contributed by atoms with Crippen LogP contribution in [0.1, 0.15) is 25.9 Å². The number of aryl methyl sites for hydroxylation is 1. The van der Waals surface area contributed by atoms with Crippen molar-refractivity contribution in [2.75, 3.05) is 6.61 Å². The van der Waals surface area contributed by atoms with Crippen molar-refractivity contribution in [2.24, 2.45) is 0 Å². The van der Waals surface area contributed by atoms with Crippen molar-refractivity contribution in [2.45, 2.75) is 6.92 Å². The third kappa shape index (κ3) is 2.88. The molecule has 7 heteroatoms. The van der Waals surface area contributed by atoms with Gasteiger partial charge in [-0.2, -0.15) is 0 Å².